The van der Waals surface area contributed by atoms with Crippen LogP contribution in [0.5, 0.6) is 0 Å². The molecule has 120 valence electrons. The smallest absolute Gasteiger partial charge is 0.315 e. The van der Waals surface area contributed by atoms with Crippen molar-refractivity contribution >= 4 is 12.0 Å². The maximum Gasteiger partial charge on any atom is 0.315 e. The monoisotopic (exact) mass is 298 g/mol. The van der Waals surface area contributed by atoms with Crippen LogP contribution in [0.1, 0.15) is 25.7 Å². The lowest BCUT2D eigenvalue weighted by Gasteiger charge is -2.27. The highest BCUT2D eigenvalue weighted by Crippen LogP contribution is 2.25. The number of urea groups is 1. The molecule has 1 saturated heterocycles. The summed E-state index contributed by atoms with van der Waals surface area (Å²) in [6.07, 6.45) is 2.90. The third-order valence-corrected chi connectivity index (χ3v) is 4.26. The minimum atomic E-state index is -0.754. The highest BCUT2D eigenvalue weighted by Gasteiger charge is 2.30. The molecule has 1 aliphatic carbocycles. The first-order chi connectivity index (χ1) is 10.1. The van der Waals surface area contributed by atoms with Crippen LogP contribution in [0.3, 0.4) is 0 Å². The van der Waals surface area contributed by atoms with Crippen LogP contribution in [0.15, 0.2) is 0 Å². The summed E-state index contributed by atoms with van der Waals surface area (Å²) in [5, 5.41) is 18.0. The molecule has 0 bridgehead atoms. The first-order valence-electron chi connectivity index (χ1n) is 7.85. The Balaban J connectivity index is 1.52. The van der Waals surface area contributed by atoms with Crippen LogP contribution >= 0.6 is 0 Å². The quantitative estimate of drug-likeness (QED) is 0.511. The molecule has 0 aromatic carbocycles. The number of hydrogen-bond acceptors (Lipinski definition) is 4. The van der Waals surface area contributed by atoms with Gasteiger partial charge in [-0.05, 0) is 32.2 Å². The summed E-state index contributed by atoms with van der Waals surface area (Å²) >= 11 is 0. The summed E-state index contributed by atoms with van der Waals surface area (Å²) in [7, 11) is 0. The predicted octanol–water partition coefficient (Wildman–Crippen LogP) is -0.166. The zero-order valence-electron chi connectivity index (χ0n) is 12.4. The second-order valence-corrected chi connectivity index (χ2v) is 5.89. The van der Waals surface area contributed by atoms with Crippen molar-refractivity contribution < 1.29 is 14.7 Å². The summed E-state index contributed by atoms with van der Waals surface area (Å²) < 4.78 is 0. The van der Waals surface area contributed by atoms with Gasteiger partial charge >= 0.3 is 12.0 Å². The zero-order chi connectivity index (χ0) is 15.1. The normalized spacial score (nSPS) is 26.5. The highest BCUT2D eigenvalue weighted by molar-refractivity contribution is 5.75. The molecule has 1 heterocycles. The van der Waals surface area contributed by atoms with Gasteiger partial charge in [-0.3, -0.25) is 4.79 Å². The maximum atomic E-state index is 11.7. The fraction of sp³-hybridized carbons (Fsp3) is 0.857. The van der Waals surface area contributed by atoms with Gasteiger partial charge in [-0.25, -0.2) is 4.79 Å². The maximum absolute atomic E-state index is 11.7. The van der Waals surface area contributed by atoms with Gasteiger partial charge in [-0.1, -0.05) is 0 Å². The second kappa shape index (κ2) is 8.19. The van der Waals surface area contributed by atoms with E-state index in [0.717, 1.165) is 45.6 Å². The van der Waals surface area contributed by atoms with Gasteiger partial charge in [0.1, 0.15) is 0 Å². The number of carboxylic acid groups (broad SMARTS) is 1. The second-order valence-electron chi connectivity index (χ2n) is 5.89. The van der Waals surface area contributed by atoms with Crippen molar-refractivity contribution in [3.8, 4) is 0 Å². The molecule has 21 heavy (non-hydrogen) atoms. The summed E-state index contributed by atoms with van der Waals surface area (Å²) in [5.74, 6) is -1.06. The number of aliphatic carboxylic acids is 1. The van der Waals surface area contributed by atoms with Crippen molar-refractivity contribution in [1.82, 2.24) is 20.9 Å². The van der Waals surface area contributed by atoms with Crippen molar-refractivity contribution in [2.24, 2.45) is 5.92 Å². The number of hydrogen-bond donors (Lipinski definition) is 4. The van der Waals surface area contributed by atoms with Gasteiger partial charge in [-0.15, -0.1) is 0 Å². The van der Waals surface area contributed by atoms with Gasteiger partial charge in [0.15, 0.2) is 0 Å². The number of carboxylic acids is 1. The van der Waals surface area contributed by atoms with Crippen molar-refractivity contribution in [2.75, 3.05) is 39.3 Å². The van der Waals surface area contributed by atoms with Gasteiger partial charge in [0.05, 0.1) is 5.92 Å². The largest absolute Gasteiger partial charge is 0.481 e. The number of carbonyl (C=O) groups excluding carboxylic acids is 1. The fourth-order valence-corrected chi connectivity index (χ4v) is 3.01. The molecule has 2 amide bonds. The molecule has 2 atom stereocenters. The van der Waals surface area contributed by atoms with Crippen LogP contribution in [0.25, 0.3) is 0 Å². The minimum absolute atomic E-state index is 0.000677. The highest BCUT2D eigenvalue weighted by atomic mass is 16.4. The molecule has 0 aromatic rings. The van der Waals surface area contributed by atoms with Gasteiger partial charge in [0.2, 0.25) is 0 Å². The summed E-state index contributed by atoms with van der Waals surface area (Å²) in [5.41, 5.74) is 0. The molecule has 0 unspecified atom stereocenters. The Kier molecular flexibility index (Phi) is 6.25. The number of nitrogens with zero attached hydrogens (tertiary/aromatic N) is 1. The van der Waals surface area contributed by atoms with E-state index in [0.29, 0.717) is 19.4 Å². The van der Waals surface area contributed by atoms with E-state index >= 15 is 0 Å². The Morgan fingerprint density at radius 3 is 2.67 bits per heavy atom. The number of nitrogens with one attached hydrogen (secondary N) is 3. The molecule has 2 rings (SSSR count). The summed E-state index contributed by atoms with van der Waals surface area (Å²) in [6, 6.07) is -0.175. The van der Waals surface area contributed by atoms with Crippen molar-refractivity contribution in [1.29, 1.82) is 0 Å². The van der Waals surface area contributed by atoms with E-state index in [9.17, 15) is 9.59 Å². The zero-order valence-corrected chi connectivity index (χ0v) is 12.4. The Bertz CT molecular complexity index is 358. The fourth-order valence-electron chi connectivity index (χ4n) is 3.01. The van der Waals surface area contributed by atoms with E-state index in [4.69, 9.17) is 5.11 Å². The Labute approximate surface area is 125 Å². The van der Waals surface area contributed by atoms with Crippen molar-refractivity contribution in [2.45, 2.75) is 31.7 Å². The number of carbonyl (C=O) groups is 2. The van der Waals surface area contributed by atoms with Gasteiger partial charge in [0.25, 0.3) is 0 Å². The average molecular weight is 298 g/mol. The van der Waals surface area contributed by atoms with Crippen LogP contribution in [0.4, 0.5) is 4.79 Å². The standard InChI is InChI=1S/C14H26N4O3/c19-13(20)11-2-3-12(10-11)17-14(21)16-4-1-7-18-8-5-15-6-9-18/h11-12,15H,1-10H2,(H,19,20)(H2,16,17,21)/t11-,12+/m1/s1. The molecule has 2 fully saturated rings. The molecule has 7 heteroatoms. The van der Waals surface area contributed by atoms with Crippen molar-refractivity contribution in [3.63, 3.8) is 0 Å². The molecule has 4 N–H and O–H groups in total. The Morgan fingerprint density at radius 2 is 2.00 bits per heavy atom. The molecule has 0 aromatic heterocycles. The van der Waals surface area contributed by atoms with E-state index in [1.165, 1.54) is 0 Å². The number of piperazine rings is 1. The van der Waals surface area contributed by atoms with E-state index in [2.05, 4.69) is 20.9 Å². The molecular formula is C14H26N4O3. The van der Waals surface area contributed by atoms with Crippen LogP contribution in [0, 0.1) is 5.92 Å². The lowest BCUT2D eigenvalue weighted by Crippen LogP contribution is -2.45. The molecular weight excluding hydrogens is 272 g/mol. The van der Waals surface area contributed by atoms with Gasteiger partial charge < -0.3 is 26.0 Å². The number of rotatable bonds is 6. The molecule has 0 radical (unpaired) electrons. The van der Waals surface area contributed by atoms with Crippen LogP contribution in [-0.4, -0.2) is 67.3 Å². The minimum Gasteiger partial charge on any atom is -0.481 e. The average Bonchev–Trinajstić information content (AvgIpc) is 2.93. The van der Waals surface area contributed by atoms with E-state index in [-0.39, 0.29) is 18.0 Å². The molecule has 0 spiro atoms. The van der Waals surface area contributed by atoms with E-state index in [1.54, 1.807) is 0 Å². The lowest BCUT2D eigenvalue weighted by atomic mass is 10.1. The number of amides is 2. The van der Waals surface area contributed by atoms with E-state index < -0.39 is 5.97 Å². The van der Waals surface area contributed by atoms with E-state index in [1.807, 2.05) is 0 Å². The van der Waals surface area contributed by atoms with Gasteiger partial charge in [0, 0.05) is 38.8 Å². The summed E-state index contributed by atoms with van der Waals surface area (Å²) in [4.78, 5) is 25.0. The van der Waals surface area contributed by atoms with Crippen LogP contribution in [-0.2, 0) is 4.79 Å². The first-order valence-corrected chi connectivity index (χ1v) is 7.85. The van der Waals surface area contributed by atoms with Gasteiger partial charge in [-0.2, -0.15) is 0 Å². The van der Waals surface area contributed by atoms with Crippen molar-refractivity contribution in [3.05, 3.63) is 0 Å². The molecule has 2 aliphatic rings. The first kappa shape index (κ1) is 16.0. The molecule has 7 nitrogen and oxygen atoms in total. The predicted molar refractivity (Wildman–Crippen MR) is 79.2 cm³/mol. The Morgan fingerprint density at radius 1 is 1.24 bits per heavy atom. The topological polar surface area (TPSA) is 93.7 Å². The lowest BCUT2D eigenvalue weighted by molar-refractivity contribution is -0.141. The van der Waals surface area contributed by atoms with Crippen LogP contribution in [0.2, 0.25) is 0 Å². The Hall–Kier alpha value is -1.34. The summed E-state index contributed by atoms with van der Waals surface area (Å²) in [6.45, 7) is 5.90. The third-order valence-electron chi connectivity index (χ3n) is 4.26. The SMILES string of the molecule is O=C(NCCCN1CCNCC1)N[C@H]1CC[C@@H](C(=O)O)C1. The van der Waals surface area contributed by atoms with Crippen LogP contribution < -0.4 is 16.0 Å². The molecule has 1 aliphatic heterocycles. The third kappa shape index (κ3) is 5.51. The molecule has 1 saturated carbocycles.